The van der Waals surface area contributed by atoms with Crippen molar-refractivity contribution in [1.29, 1.82) is 0 Å². The second-order valence-corrected chi connectivity index (χ2v) is 5.61. The van der Waals surface area contributed by atoms with E-state index in [2.05, 4.69) is 11.9 Å². The topological polar surface area (TPSA) is 51.6 Å². The van der Waals surface area contributed by atoms with Crippen LogP contribution in [0.4, 0.5) is 0 Å². The Kier molecular flexibility index (Phi) is 5.24. The van der Waals surface area contributed by atoms with Crippen LogP contribution in [0.3, 0.4) is 0 Å². The molecule has 0 radical (unpaired) electrons. The molecule has 1 heterocycles. The Bertz CT molecular complexity index is 436. The van der Waals surface area contributed by atoms with Crippen LogP contribution in [0.5, 0.6) is 11.5 Å². The fraction of sp³-hybridized carbons (Fsp3) is 0.688. The van der Waals surface area contributed by atoms with Crippen molar-refractivity contribution in [3.8, 4) is 11.5 Å². The van der Waals surface area contributed by atoms with Crippen LogP contribution in [0.15, 0.2) is 12.3 Å². The second kappa shape index (κ2) is 6.93. The average Bonchev–Trinajstić information content (AvgIpc) is 2.49. The van der Waals surface area contributed by atoms with Crippen molar-refractivity contribution in [2.24, 2.45) is 11.8 Å². The molecule has 4 nitrogen and oxygen atoms in total. The highest BCUT2D eigenvalue weighted by atomic mass is 16.5. The van der Waals surface area contributed by atoms with Gasteiger partial charge in [-0.2, -0.15) is 0 Å². The second-order valence-electron chi connectivity index (χ2n) is 5.61. The van der Waals surface area contributed by atoms with Crippen molar-refractivity contribution in [3.63, 3.8) is 0 Å². The molecule has 1 aliphatic carbocycles. The zero-order chi connectivity index (χ0) is 14.5. The maximum atomic E-state index is 10.2. The third-order valence-corrected chi connectivity index (χ3v) is 4.45. The molecule has 3 unspecified atom stereocenters. The summed E-state index contributed by atoms with van der Waals surface area (Å²) in [5.41, 5.74) is 0.882. The molecule has 0 amide bonds. The monoisotopic (exact) mass is 279 g/mol. The Balaban J connectivity index is 2.16. The molecule has 0 aliphatic heterocycles. The quantitative estimate of drug-likeness (QED) is 0.900. The van der Waals surface area contributed by atoms with Gasteiger partial charge in [0.1, 0.15) is 0 Å². The fourth-order valence-corrected chi connectivity index (χ4v) is 3.18. The van der Waals surface area contributed by atoms with Gasteiger partial charge in [0, 0.05) is 12.3 Å². The highest BCUT2D eigenvalue weighted by Gasteiger charge is 2.29. The molecule has 1 aliphatic rings. The Hall–Kier alpha value is -1.29. The largest absolute Gasteiger partial charge is 0.493 e. The third kappa shape index (κ3) is 3.23. The van der Waals surface area contributed by atoms with Crippen LogP contribution in [-0.4, -0.2) is 30.4 Å². The smallest absolute Gasteiger partial charge is 0.182 e. The summed E-state index contributed by atoms with van der Waals surface area (Å²) in [6, 6.07) is 1.80. The first-order valence-electron chi connectivity index (χ1n) is 7.43. The molecule has 1 aromatic heterocycles. The summed E-state index contributed by atoms with van der Waals surface area (Å²) < 4.78 is 10.7. The van der Waals surface area contributed by atoms with Gasteiger partial charge in [-0.05, 0) is 37.5 Å². The number of aromatic nitrogens is 1. The summed E-state index contributed by atoms with van der Waals surface area (Å²) in [5, 5.41) is 10.2. The molecule has 1 aromatic rings. The summed E-state index contributed by atoms with van der Waals surface area (Å²) >= 11 is 0. The first kappa shape index (κ1) is 15.1. The van der Waals surface area contributed by atoms with Gasteiger partial charge in [-0.3, -0.25) is 4.98 Å². The Labute approximate surface area is 121 Å². The van der Waals surface area contributed by atoms with Gasteiger partial charge in [0.25, 0.3) is 0 Å². The van der Waals surface area contributed by atoms with Crippen LogP contribution in [0.1, 0.15) is 38.3 Å². The number of pyridine rings is 1. The number of hydrogen-bond acceptors (Lipinski definition) is 4. The molecule has 0 spiro atoms. The summed E-state index contributed by atoms with van der Waals surface area (Å²) in [4.78, 5) is 4.42. The Morgan fingerprint density at radius 2 is 2.10 bits per heavy atom. The molecule has 4 heteroatoms. The molecular weight excluding hydrogens is 254 g/mol. The molecule has 1 saturated carbocycles. The minimum Gasteiger partial charge on any atom is -0.493 e. The van der Waals surface area contributed by atoms with E-state index in [4.69, 9.17) is 9.47 Å². The average molecular weight is 279 g/mol. The van der Waals surface area contributed by atoms with Crippen LogP contribution >= 0.6 is 0 Å². The van der Waals surface area contributed by atoms with E-state index in [1.807, 2.05) is 0 Å². The first-order chi connectivity index (χ1) is 9.69. The zero-order valence-corrected chi connectivity index (χ0v) is 12.6. The SMILES string of the molecule is CCC1CCC(O)C(Cc2nccc(OC)c2OC)C1. The van der Waals surface area contributed by atoms with Gasteiger partial charge in [0.05, 0.1) is 26.0 Å². The Morgan fingerprint density at radius 1 is 1.30 bits per heavy atom. The van der Waals surface area contributed by atoms with Crippen molar-refractivity contribution >= 4 is 0 Å². The number of hydrogen-bond donors (Lipinski definition) is 1. The third-order valence-electron chi connectivity index (χ3n) is 4.45. The normalized spacial score (nSPS) is 26.3. The molecule has 1 N–H and O–H groups in total. The van der Waals surface area contributed by atoms with E-state index in [-0.39, 0.29) is 12.0 Å². The van der Waals surface area contributed by atoms with Crippen LogP contribution in [-0.2, 0) is 6.42 Å². The molecule has 2 rings (SSSR count). The van der Waals surface area contributed by atoms with E-state index in [0.717, 1.165) is 37.3 Å². The Morgan fingerprint density at radius 3 is 2.75 bits per heavy atom. The molecule has 112 valence electrons. The summed E-state index contributed by atoms with van der Waals surface area (Å²) in [5.74, 6) is 2.39. The molecule has 0 bridgehead atoms. The minimum atomic E-state index is -0.226. The van der Waals surface area contributed by atoms with E-state index in [1.165, 1.54) is 6.42 Å². The lowest BCUT2D eigenvalue weighted by molar-refractivity contribution is 0.0467. The van der Waals surface area contributed by atoms with E-state index in [9.17, 15) is 5.11 Å². The van der Waals surface area contributed by atoms with Gasteiger partial charge in [0.2, 0.25) is 0 Å². The molecule has 1 fully saturated rings. The fourth-order valence-electron chi connectivity index (χ4n) is 3.18. The highest BCUT2D eigenvalue weighted by molar-refractivity contribution is 5.42. The molecule has 0 saturated heterocycles. The van der Waals surface area contributed by atoms with Crippen molar-refractivity contribution in [1.82, 2.24) is 4.98 Å². The summed E-state index contributed by atoms with van der Waals surface area (Å²) in [6.45, 7) is 2.23. The molecule has 20 heavy (non-hydrogen) atoms. The van der Waals surface area contributed by atoms with Crippen molar-refractivity contribution in [2.75, 3.05) is 14.2 Å². The molecular formula is C16H25NO3. The summed E-state index contributed by atoms with van der Waals surface area (Å²) in [6.07, 6.45) is 6.55. The van der Waals surface area contributed by atoms with Crippen LogP contribution in [0.2, 0.25) is 0 Å². The molecule has 3 atom stereocenters. The van der Waals surface area contributed by atoms with Crippen LogP contribution in [0.25, 0.3) is 0 Å². The van der Waals surface area contributed by atoms with E-state index in [1.54, 1.807) is 26.5 Å². The van der Waals surface area contributed by atoms with E-state index < -0.39 is 0 Å². The van der Waals surface area contributed by atoms with Gasteiger partial charge >= 0.3 is 0 Å². The predicted octanol–water partition coefficient (Wildman–Crippen LogP) is 2.83. The highest BCUT2D eigenvalue weighted by Crippen LogP contribution is 2.36. The minimum absolute atomic E-state index is 0.226. The number of aliphatic hydroxyl groups excluding tert-OH is 1. The van der Waals surface area contributed by atoms with Gasteiger partial charge in [-0.15, -0.1) is 0 Å². The number of aliphatic hydroxyl groups is 1. The van der Waals surface area contributed by atoms with Gasteiger partial charge < -0.3 is 14.6 Å². The lowest BCUT2D eigenvalue weighted by Crippen LogP contribution is -2.30. The van der Waals surface area contributed by atoms with Gasteiger partial charge in [-0.25, -0.2) is 0 Å². The first-order valence-corrected chi connectivity index (χ1v) is 7.43. The van der Waals surface area contributed by atoms with Crippen molar-refractivity contribution in [3.05, 3.63) is 18.0 Å². The number of methoxy groups -OCH3 is 2. The number of nitrogens with zero attached hydrogens (tertiary/aromatic N) is 1. The maximum Gasteiger partial charge on any atom is 0.182 e. The van der Waals surface area contributed by atoms with Crippen LogP contribution in [0, 0.1) is 11.8 Å². The number of rotatable bonds is 5. The zero-order valence-electron chi connectivity index (χ0n) is 12.6. The van der Waals surface area contributed by atoms with E-state index in [0.29, 0.717) is 11.5 Å². The predicted molar refractivity (Wildman–Crippen MR) is 78.2 cm³/mol. The van der Waals surface area contributed by atoms with Gasteiger partial charge in [0.15, 0.2) is 11.5 Å². The lowest BCUT2D eigenvalue weighted by Gasteiger charge is -2.33. The van der Waals surface area contributed by atoms with Crippen molar-refractivity contribution < 1.29 is 14.6 Å². The standard InChI is InChI=1S/C16H25NO3/c1-4-11-5-6-14(18)12(9-11)10-13-16(20-3)15(19-2)7-8-17-13/h7-8,11-12,14,18H,4-6,9-10H2,1-3H3. The van der Waals surface area contributed by atoms with Crippen LogP contribution < -0.4 is 9.47 Å². The van der Waals surface area contributed by atoms with Crippen molar-refractivity contribution in [2.45, 2.75) is 45.1 Å². The van der Waals surface area contributed by atoms with Gasteiger partial charge in [-0.1, -0.05) is 13.3 Å². The lowest BCUT2D eigenvalue weighted by atomic mass is 9.76. The maximum absolute atomic E-state index is 10.2. The summed E-state index contributed by atoms with van der Waals surface area (Å²) in [7, 11) is 3.26. The van der Waals surface area contributed by atoms with E-state index >= 15 is 0 Å². The molecule has 0 aromatic carbocycles. The number of ether oxygens (including phenoxy) is 2.